The van der Waals surface area contributed by atoms with E-state index in [9.17, 15) is 4.79 Å². The van der Waals surface area contributed by atoms with Crippen LogP contribution in [0.1, 0.15) is 10.4 Å². The van der Waals surface area contributed by atoms with Crippen LogP contribution in [-0.4, -0.2) is 31.3 Å². The Kier molecular flexibility index (Phi) is 5.64. The van der Waals surface area contributed by atoms with Gasteiger partial charge in [0.25, 0.3) is 0 Å². The maximum Gasteiger partial charge on any atom is 0.196 e. The lowest BCUT2D eigenvalue weighted by molar-refractivity contribution is 0.102. The molecule has 0 unspecified atom stereocenters. The SMILES string of the molecule is O=C(CSc1nnc(-c2cccnc2)n1-c1ccccc1)c1ccc(Br)cc1. The van der Waals surface area contributed by atoms with Gasteiger partial charge in [-0.2, -0.15) is 0 Å². The van der Waals surface area contributed by atoms with Gasteiger partial charge in [0.2, 0.25) is 0 Å². The summed E-state index contributed by atoms with van der Waals surface area (Å²) in [7, 11) is 0. The van der Waals surface area contributed by atoms with Gasteiger partial charge in [0, 0.05) is 33.7 Å². The minimum atomic E-state index is 0.0445. The van der Waals surface area contributed by atoms with Gasteiger partial charge in [0.05, 0.1) is 5.75 Å². The Hall–Kier alpha value is -2.77. The normalized spacial score (nSPS) is 10.8. The molecule has 0 radical (unpaired) electrons. The Morgan fingerprint density at radius 2 is 1.75 bits per heavy atom. The van der Waals surface area contributed by atoms with E-state index in [1.54, 1.807) is 12.4 Å². The van der Waals surface area contributed by atoms with E-state index in [1.165, 1.54) is 11.8 Å². The van der Waals surface area contributed by atoms with Crippen molar-refractivity contribution in [3.8, 4) is 17.1 Å². The molecular formula is C21H15BrN4OS. The molecule has 2 aromatic heterocycles. The largest absolute Gasteiger partial charge is 0.293 e. The summed E-state index contributed by atoms with van der Waals surface area (Å²) >= 11 is 4.76. The molecule has 0 saturated carbocycles. The summed E-state index contributed by atoms with van der Waals surface area (Å²) < 4.78 is 2.90. The molecule has 0 bridgehead atoms. The number of aromatic nitrogens is 4. The summed E-state index contributed by atoms with van der Waals surface area (Å²) in [6.45, 7) is 0. The van der Waals surface area contributed by atoms with Crippen molar-refractivity contribution in [1.29, 1.82) is 0 Å². The first-order valence-electron chi connectivity index (χ1n) is 8.55. The molecule has 2 heterocycles. The molecule has 0 aliphatic rings. The van der Waals surface area contributed by atoms with Crippen LogP contribution < -0.4 is 0 Å². The van der Waals surface area contributed by atoms with Gasteiger partial charge in [-0.3, -0.25) is 14.3 Å². The molecule has 0 aliphatic carbocycles. The lowest BCUT2D eigenvalue weighted by Crippen LogP contribution is -2.05. The first-order chi connectivity index (χ1) is 13.7. The highest BCUT2D eigenvalue weighted by molar-refractivity contribution is 9.10. The summed E-state index contributed by atoms with van der Waals surface area (Å²) in [4.78, 5) is 16.7. The summed E-state index contributed by atoms with van der Waals surface area (Å²) in [6.07, 6.45) is 3.48. The number of carbonyl (C=O) groups excluding carboxylic acids is 1. The predicted octanol–water partition coefficient (Wildman–Crippen LogP) is 5.07. The van der Waals surface area contributed by atoms with Crippen LogP contribution in [0.3, 0.4) is 0 Å². The van der Waals surface area contributed by atoms with E-state index in [4.69, 9.17) is 0 Å². The minimum absolute atomic E-state index is 0.0445. The predicted molar refractivity (Wildman–Crippen MR) is 114 cm³/mol. The molecule has 0 spiro atoms. The van der Waals surface area contributed by atoms with E-state index in [2.05, 4.69) is 31.1 Å². The fourth-order valence-electron chi connectivity index (χ4n) is 2.70. The number of hydrogen-bond acceptors (Lipinski definition) is 5. The number of carbonyl (C=O) groups is 1. The van der Waals surface area contributed by atoms with E-state index < -0.39 is 0 Å². The molecule has 0 amide bonds. The number of ketones is 1. The van der Waals surface area contributed by atoms with Crippen LogP contribution >= 0.6 is 27.7 Å². The van der Waals surface area contributed by atoms with Gasteiger partial charge in [-0.25, -0.2) is 0 Å². The maximum atomic E-state index is 12.6. The molecule has 0 N–H and O–H groups in total. The van der Waals surface area contributed by atoms with Gasteiger partial charge in [0.15, 0.2) is 16.8 Å². The molecule has 28 heavy (non-hydrogen) atoms. The molecule has 2 aromatic carbocycles. The van der Waals surface area contributed by atoms with Crippen molar-refractivity contribution in [2.24, 2.45) is 0 Å². The number of hydrogen-bond donors (Lipinski definition) is 0. The van der Waals surface area contributed by atoms with Gasteiger partial charge in [-0.05, 0) is 36.4 Å². The van der Waals surface area contributed by atoms with Crippen molar-refractivity contribution in [2.45, 2.75) is 5.16 Å². The lowest BCUT2D eigenvalue weighted by atomic mass is 10.2. The average molecular weight is 451 g/mol. The Morgan fingerprint density at radius 1 is 0.964 bits per heavy atom. The van der Waals surface area contributed by atoms with Crippen LogP contribution in [0.2, 0.25) is 0 Å². The molecule has 5 nitrogen and oxygen atoms in total. The second-order valence-corrected chi connectivity index (χ2v) is 7.80. The van der Waals surface area contributed by atoms with E-state index in [1.807, 2.05) is 71.3 Å². The number of benzene rings is 2. The highest BCUT2D eigenvalue weighted by Gasteiger charge is 2.17. The Morgan fingerprint density at radius 3 is 2.46 bits per heavy atom. The van der Waals surface area contributed by atoms with Crippen molar-refractivity contribution in [3.05, 3.63) is 89.2 Å². The fraction of sp³-hybridized carbons (Fsp3) is 0.0476. The minimum Gasteiger partial charge on any atom is -0.293 e. The van der Waals surface area contributed by atoms with Crippen molar-refractivity contribution in [3.63, 3.8) is 0 Å². The third-order valence-electron chi connectivity index (χ3n) is 4.07. The van der Waals surface area contributed by atoms with Gasteiger partial charge in [0.1, 0.15) is 0 Å². The highest BCUT2D eigenvalue weighted by atomic mass is 79.9. The fourth-order valence-corrected chi connectivity index (χ4v) is 3.82. The van der Waals surface area contributed by atoms with Crippen LogP contribution in [0.25, 0.3) is 17.1 Å². The monoisotopic (exact) mass is 450 g/mol. The molecule has 4 rings (SSSR count). The summed E-state index contributed by atoms with van der Waals surface area (Å²) in [5, 5.41) is 9.36. The number of Topliss-reactive ketones (excluding diaryl/α,β-unsaturated/α-hetero) is 1. The molecule has 4 aromatic rings. The molecule has 138 valence electrons. The van der Waals surface area contributed by atoms with Crippen LogP contribution in [-0.2, 0) is 0 Å². The molecular weight excluding hydrogens is 436 g/mol. The summed E-state index contributed by atoms with van der Waals surface area (Å²) in [5.74, 6) is 1.01. The number of para-hydroxylation sites is 1. The number of thioether (sulfide) groups is 1. The first kappa shape index (κ1) is 18.6. The topological polar surface area (TPSA) is 60.7 Å². The molecule has 7 heteroatoms. The third kappa shape index (κ3) is 4.05. The van der Waals surface area contributed by atoms with Gasteiger partial charge >= 0.3 is 0 Å². The second-order valence-electron chi connectivity index (χ2n) is 5.94. The van der Waals surface area contributed by atoms with Crippen LogP contribution in [0, 0.1) is 0 Å². The lowest BCUT2D eigenvalue weighted by Gasteiger charge is -2.10. The van der Waals surface area contributed by atoms with Crippen molar-refractivity contribution < 1.29 is 4.79 Å². The smallest absolute Gasteiger partial charge is 0.196 e. The van der Waals surface area contributed by atoms with Crippen molar-refractivity contribution >= 4 is 33.5 Å². The van der Waals surface area contributed by atoms with E-state index in [0.717, 1.165) is 15.7 Å². The van der Waals surface area contributed by atoms with Crippen LogP contribution in [0.4, 0.5) is 0 Å². The van der Waals surface area contributed by atoms with Crippen LogP contribution in [0.15, 0.2) is 88.8 Å². The van der Waals surface area contributed by atoms with Crippen molar-refractivity contribution in [2.75, 3.05) is 5.75 Å². The zero-order chi connectivity index (χ0) is 19.3. The van der Waals surface area contributed by atoms with Gasteiger partial charge < -0.3 is 0 Å². The molecule has 0 saturated heterocycles. The Bertz CT molecular complexity index is 1080. The second kappa shape index (κ2) is 8.50. The molecule has 0 fully saturated rings. The maximum absolute atomic E-state index is 12.6. The molecule has 0 aliphatic heterocycles. The van der Waals surface area contributed by atoms with E-state index >= 15 is 0 Å². The number of nitrogens with zero attached hydrogens (tertiary/aromatic N) is 4. The standard InChI is InChI=1S/C21H15BrN4OS/c22-17-10-8-15(9-11-17)19(27)14-28-21-25-24-20(16-5-4-12-23-13-16)26(21)18-6-2-1-3-7-18/h1-13H,14H2. The first-order valence-corrected chi connectivity index (χ1v) is 10.3. The van der Waals surface area contributed by atoms with Crippen LogP contribution in [0.5, 0.6) is 0 Å². The number of pyridine rings is 1. The quantitative estimate of drug-likeness (QED) is 0.303. The number of halogens is 1. The average Bonchev–Trinajstić information content (AvgIpc) is 3.18. The Labute approximate surface area is 175 Å². The van der Waals surface area contributed by atoms with E-state index in [-0.39, 0.29) is 11.5 Å². The molecule has 0 atom stereocenters. The van der Waals surface area contributed by atoms with Gasteiger partial charge in [-0.1, -0.05) is 58.0 Å². The number of rotatable bonds is 6. The summed E-state index contributed by atoms with van der Waals surface area (Å²) in [6, 6.07) is 21.0. The zero-order valence-corrected chi connectivity index (χ0v) is 17.1. The Balaban J connectivity index is 1.65. The zero-order valence-electron chi connectivity index (χ0n) is 14.7. The van der Waals surface area contributed by atoms with Gasteiger partial charge in [-0.15, -0.1) is 10.2 Å². The third-order valence-corrected chi connectivity index (χ3v) is 5.52. The van der Waals surface area contributed by atoms with E-state index in [0.29, 0.717) is 16.5 Å². The highest BCUT2D eigenvalue weighted by Crippen LogP contribution is 2.28. The summed E-state index contributed by atoms with van der Waals surface area (Å²) in [5.41, 5.74) is 2.48. The van der Waals surface area contributed by atoms with Crippen molar-refractivity contribution in [1.82, 2.24) is 19.7 Å².